The number of H-pyrrole nitrogens is 1. The first-order valence-electron chi connectivity index (χ1n) is 5.72. The molecule has 0 spiro atoms. The number of aromatic nitrogens is 2. The summed E-state index contributed by atoms with van der Waals surface area (Å²) in [6.45, 7) is 1.56. The summed E-state index contributed by atoms with van der Waals surface area (Å²) in [7, 11) is -3.99. The molecule has 0 saturated heterocycles. The number of aromatic amines is 1. The number of benzene rings is 1. The highest BCUT2D eigenvalue weighted by Crippen LogP contribution is 2.18. The molecule has 1 aromatic heterocycles. The fraction of sp³-hybridized carbons (Fsp3) is 0.167. The largest absolute Gasteiger partial charge is 0.279 e. The summed E-state index contributed by atoms with van der Waals surface area (Å²) in [6.07, 6.45) is 0. The molecule has 0 aliphatic carbocycles. The number of nitriles is 1. The minimum Gasteiger partial charge on any atom is -0.279 e. The van der Waals surface area contributed by atoms with E-state index in [9.17, 15) is 17.2 Å². The van der Waals surface area contributed by atoms with Gasteiger partial charge in [-0.3, -0.25) is 9.82 Å². The van der Waals surface area contributed by atoms with Gasteiger partial charge in [0.1, 0.15) is 23.3 Å². The van der Waals surface area contributed by atoms with E-state index in [0.29, 0.717) is 11.8 Å². The van der Waals surface area contributed by atoms with Crippen LogP contribution in [0.25, 0.3) is 0 Å². The van der Waals surface area contributed by atoms with Crippen LogP contribution in [0, 0.1) is 29.9 Å². The lowest BCUT2D eigenvalue weighted by Gasteiger charge is -2.07. The van der Waals surface area contributed by atoms with E-state index in [1.54, 1.807) is 13.0 Å². The number of rotatable bonds is 4. The van der Waals surface area contributed by atoms with Crippen molar-refractivity contribution in [3.8, 4) is 6.07 Å². The maximum absolute atomic E-state index is 13.5. The van der Waals surface area contributed by atoms with Gasteiger partial charge in [0.2, 0.25) is 10.0 Å². The van der Waals surface area contributed by atoms with E-state index in [2.05, 4.69) is 14.9 Å². The number of halogens is 2. The average molecular weight is 312 g/mol. The van der Waals surface area contributed by atoms with Crippen molar-refractivity contribution in [1.82, 2.24) is 10.2 Å². The Morgan fingerprint density at radius 3 is 2.76 bits per heavy atom. The van der Waals surface area contributed by atoms with E-state index in [-0.39, 0.29) is 16.9 Å². The van der Waals surface area contributed by atoms with Crippen molar-refractivity contribution in [3.63, 3.8) is 0 Å². The Bertz CT molecular complexity index is 824. The third-order valence-corrected chi connectivity index (χ3v) is 3.87. The second-order valence-corrected chi connectivity index (χ2v) is 6.00. The van der Waals surface area contributed by atoms with Crippen LogP contribution >= 0.6 is 0 Å². The van der Waals surface area contributed by atoms with Gasteiger partial charge in [-0.05, 0) is 13.0 Å². The molecule has 0 bridgehead atoms. The Labute approximate surface area is 119 Å². The van der Waals surface area contributed by atoms with Gasteiger partial charge in [-0.2, -0.15) is 10.4 Å². The molecule has 2 rings (SSSR count). The van der Waals surface area contributed by atoms with Crippen molar-refractivity contribution in [2.45, 2.75) is 12.7 Å². The second kappa shape index (κ2) is 5.49. The van der Waals surface area contributed by atoms with E-state index in [1.165, 1.54) is 0 Å². The number of anilines is 1. The Hall–Kier alpha value is -2.47. The van der Waals surface area contributed by atoms with Crippen LogP contribution in [0.1, 0.15) is 16.8 Å². The summed E-state index contributed by atoms with van der Waals surface area (Å²) >= 11 is 0. The van der Waals surface area contributed by atoms with Crippen LogP contribution in [0.2, 0.25) is 0 Å². The third kappa shape index (κ3) is 3.35. The maximum Gasteiger partial charge on any atom is 0.238 e. The van der Waals surface area contributed by atoms with Gasteiger partial charge < -0.3 is 0 Å². The second-order valence-electron chi connectivity index (χ2n) is 4.28. The molecule has 0 aliphatic rings. The van der Waals surface area contributed by atoms with Crippen molar-refractivity contribution in [2.24, 2.45) is 0 Å². The molecule has 110 valence electrons. The molecule has 0 amide bonds. The van der Waals surface area contributed by atoms with Gasteiger partial charge in [0.05, 0.1) is 11.4 Å². The zero-order chi connectivity index (χ0) is 15.6. The third-order valence-electron chi connectivity index (χ3n) is 2.67. The lowest BCUT2D eigenvalue weighted by Crippen LogP contribution is -2.17. The zero-order valence-corrected chi connectivity index (χ0v) is 11.6. The number of nitrogens with one attached hydrogen (secondary N) is 2. The smallest absolute Gasteiger partial charge is 0.238 e. The Morgan fingerprint density at radius 1 is 1.43 bits per heavy atom. The van der Waals surface area contributed by atoms with Gasteiger partial charge >= 0.3 is 0 Å². The van der Waals surface area contributed by atoms with Crippen LogP contribution in [0.3, 0.4) is 0 Å². The van der Waals surface area contributed by atoms with Crippen molar-refractivity contribution < 1.29 is 17.2 Å². The molecule has 1 heterocycles. The monoisotopic (exact) mass is 312 g/mol. The number of nitrogens with zero attached hydrogens (tertiary/aromatic N) is 2. The number of hydrogen-bond acceptors (Lipinski definition) is 4. The van der Waals surface area contributed by atoms with Crippen LogP contribution in [0.5, 0.6) is 0 Å². The SMILES string of the molecule is Cc1[nH]nc(NS(=O)(=O)Cc2ccc(F)cc2F)c1C#N. The van der Waals surface area contributed by atoms with Crippen LogP contribution < -0.4 is 4.72 Å². The summed E-state index contributed by atoms with van der Waals surface area (Å²) in [5.74, 6) is -2.61. The average Bonchev–Trinajstić information content (AvgIpc) is 2.72. The fourth-order valence-electron chi connectivity index (χ4n) is 1.67. The van der Waals surface area contributed by atoms with Gasteiger partial charge in [0.25, 0.3) is 0 Å². The lowest BCUT2D eigenvalue weighted by atomic mass is 10.2. The maximum atomic E-state index is 13.5. The van der Waals surface area contributed by atoms with Crippen molar-refractivity contribution in [2.75, 3.05) is 4.72 Å². The van der Waals surface area contributed by atoms with Crippen LogP contribution in [0.15, 0.2) is 18.2 Å². The molecular formula is C12H10F2N4O2S. The highest BCUT2D eigenvalue weighted by molar-refractivity contribution is 7.91. The molecule has 9 heteroatoms. The van der Waals surface area contributed by atoms with Crippen molar-refractivity contribution in [1.29, 1.82) is 5.26 Å². The molecule has 0 fully saturated rings. The molecule has 1 aromatic carbocycles. The highest BCUT2D eigenvalue weighted by atomic mass is 32.2. The molecule has 0 aliphatic heterocycles. The first-order chi connectivity index (χ1) is 9.82. The molecule has 21 heavy (non-hydrogen) atoms. The van der Waals surface area contributed by atoms with Crippen molar-refractivity contribution in [3.05, 3.63) is 46.7 Å². The van der Waals surface area contributed by atoms with E-state index >= 15 is 0 Å². The fourth-order valence-corrected chi connectivity index (χ4v) is 2.82. The van der Waals surface area contributed by atoms with Gasteiger partial charge in [-0.15, -0.1) is 0 Å². The van der Waals surface area contributed by atoms with Gasteiger partial charge in [-0.1, -0.05) is 6.07 Å². The number of sulfonamides is 1. The first kappa shape index (κ1) is 14.9. The standard InChI is InChI=1S/C12H10F2N4O2S/c1-7-10(5-15)12(17-16-7)18-21(19,20)6-8-2-3-9(13)4-11(8)14/h2-4H,6H2,1H3,(H2,16,17,18). The summed E-state index contributed by atoms with van der Waals surface area (Å²) < 4.78 is 52.2. The number of aryl methyl sites for hydroxylation is 1. The van der Waals surface area contributed by atoms with E-state index in [1.807, 2.05) is 0 Å². The molecule has 0 radical (unpaired) electrons. The van der Waals surface area contributed by atoms with Gasteiger partial charge in [-0.25, -0.2) is 17.2 Å². The van der Waals surface area contributed by atoms with Gasteiger partial charge in [0, 0.05) is 11.6 Å². The van der Waals surface area contributed by atoms with E-state index in [4.69, 9.17) is 5.26 Å². The predicted molar refractivity (Wildman–Crippen MR) is 70.6 cm³/mol. The molecule has 2 N–H and O–H groups in total. The number of hydrogen-bond donors (Lipinski definition) is 2. The molecule has 6 nitrogen and oxygen atoms in total. The molecule has 0 unspecified atom stereocenters. The summed E-state index contributed by atoms with van der Waals surface area (Å²) in [4.78, 5) is 0. The highest BCUT2D eigenvalue weighted by Gasteiger charge is 2.19. The molecule has 0 saturated carbocycles. The molecular weight excluding hydrogens is 302 g/mol. The minimum absolute atomic E-state index is 0.0538. The predicted octanol–water partition coefficient (Wildman–Crippen LogP) is 1.81. The first-order valence-corrected chi connectivity index (χ1v) is 7.37. The normalized spacial score (nSPS) is 11.1. The molecule has 0 atom stereocenters. The van der Waals surface area contributed by atoms with Crippen LogP contribution in [0.4, 0.5) is 14.6 Å². The minimum atomic E-state index is -3.99. The van der Waals surface area contributed by atoms with Crippen LogP contribution in [-0.4, -0.2) is 18.6 Å². The lowest BCUT2D eigenvalue weighted by molar-refractivity contribution is 0.570. The topological polar surface area (TPSA) is 98.6 Å². The summed E-state index contributed by atoms with van der Waals surface area (Å²) in [5, 5.41) is 15.0. The quantitative estimate of drug-likeness (QED) is 0.899. The molecule has 2 aromatic rings. The van der Waals surface area contributed by atoms with Crippen LogP contribution in [-0.2, 0) is 15.8 Å². The van der Waals surface area contributed by atoms with Crippen molar-refractivity contribution >= 4 is 15.8 Å². The van der Waals surface area contributed by atoms with E-state index in [0.717, 1.165) is 12.1 Å². The van der Waals surface area contributed by atoms with Gasteiger partial charge in [0.15, 0.2) is 5.82 Å². The summed E-state index contributed by atoms with van der Waals surface area (Å²) in [5.41, 5.74) is 0.274. The Kier molecular flexibility index (Phi) is 3.90. The zero-order valence-electron chi connectivity index (χ0n) is 10.8. The van der Waals surface area contributed by atoms with E-state index < -0.39 is 27.4 Å². The Morgan fingerprint density at radius 2 is 2.14 bits per heavy atom. The Balaban J connectivity index is 2.25. The summed E-state index contributed by atoms with van der Waals surface area (Å²) in [6, 6.07) is 4.42.